The third kappa shape index (κ3) is 3.12. The lowest BCUT2D eigenvalue weighted by atomic mass is 10.1. The molecule has 3 rings (SSSR count). The van der Waals surface area contributed by atoms with Crippen LogP contribution in [0, 0.1) is 27.7 Å². The smallest absolute Gasteiger partial charge is 0.183 e. The highest BCUT2D eigenvalue weighted by molar-refractivity contribution is 6.00. The fraction of sp³-hybridized carbons (Fsp3) is 0.476. The summed E-state index contributed by atoms with van der Waals surface area (Å²) in [4.78, 5) is 12.8. The lowest BCUT2D eigenvalue weighted by Gasteiger charge is -2.17. The van der Waals surface area contributed by atoms with Crippen LogP contribution in [0.5, 0.6) is 0 Å². The lowest BCUT2D eigenvalue weighted by Crippen LogP contribution is -2.16. The van der Waals surface area contributed by atoms with Gasteiger partial charge in [-0.2, -0.15) is 0 Å². The molecule has 0 spiro atoms. The zero-order chi connectivity index (χ0) is 17.3. The van der Waals surface area contributed by atoms with E-state index in [9.17, 15) is 4.79 Å². The van der Waals surface area contributed by atoms with Gasteiger partial charge < -0.3 is 9.88 Å². The number of anilines is 1. The molecule has 1 aliphatic rings. The maximum Gasteiger partial charge on any atom is 0.183 e. The van der Waals surface area contributed by atoms with Crippen molar-refractivity contribution >= 4 is 11.5 Å². The van der Waals surface area contributed by atoms with E-state index >= 15 is 0 Å². The van der Waals surface area contributed by atoms with Crippen LogP contribution in [0.25, 0.3) is 0 Å². The number of hydrogen-bond donors (Lipinski definition) is 1. The highest BCUT2D eigenvalue weighted by atomic mass is 16.1. The number of carbonyl (C=O) groups is 1. The van der Waals surface area contributed by atoms with Gasteiger partial charge >= 0.3 is 0 Å². The maximum absolute atomic E-state index is 12.8. The van der Waals surface area contributed by atoms with Crippen LogP contribution in [-0.4, -0.2) is 16.9 Å². The Labute approximate surface area is 145 Å². The maximum atomic E-state index is 12.8. The van der Waals surface area contributed by atoms with Crippen molar-refractivity contribution in [3.63, 3.8) is 0 Å². The van der Waals surface area contributed by atoms with E-state index in [4.69, 9.17) is 0 Å². The summed E-state index contributed by atoms with van der Waals surface area (Å²) in [6.07, 6.45) is 5.09. The molecule has 1 fully saturated rings. The molecule has 1 N–H and O–H groups in total. The van der Waals surface area contributed by atoms with Crippen molar-refractivity contribution in [3.05, 3.63) is 52.3 Å². The van der Waals surface area contributed by atoms with Crippen LogP contribution in [-0.2, 0) is 0 Å². The highest BCUT2D eigenvalue weighted by Crippen LogP contribution is 2.33. The van der Waals surface area contributed by atoms with Crippen molar-refractivity contribution in [2.24, 2.45) is 0 Å². The summed E-state index contributed by atoms with van der Waals surface area (Å²) in [6, 6.07) is 8.85. The summed E-state index contributed by atoms with van der Waals surface area (Å²) in [7, 11) is 0. The Morgan fingerprint density at radius 1 is 1.12 bits per heavy atom. The average Bonchev–Trinajstić information content (AvgIpc) is 3.14. The Bertz CT molecular complexity index is 731. The Hall–Kier alpha value is -2.03. The van der Waals surface area contributed by atoms with Crippen LogP contribution >= 0.6 is 0 Å². The van der Waals surface area contributed by atoms with Crippen LogP contribution < -0.4 is 5.32 Å². The van der Waals surface area contributed by atoms with Crippen molar-refractivity contribution < 1.29 is 4.79 Å². The molecular weight excluding hydrogens is 296 g/mol. The number of benzene rings is 1. The Balaban J connectivity index is 1.77. The summed E-state index contributed by atoms with van der Waals surface area (Å²) in [5, 5.41) is 3.35. The molecule has 128 valence electrons. The van der Waals surface area contributed by atoms with Gasteiger partial charge in [0.2, 0.25) is 0 Å². The van der Waals surface area contributed by atoms with Gasteiger partial charge in [0.15, 0.2) is 5.78 Å². The van der Waals surface area contributed by atoms with Crippen molar-refractivity contribution in [2.45, 2.75) is 59.4 Å². The number of hydrogen-bond acceptors (Lipinski definition) is 2. The first kappa shape index (κ1) is 16.8. The Morgan fingerprint density at radius 3 is 2.38 bits per heavy atom. The zero-order valence-corrected chi connectivity index (χ0v) is 15.3. The molecule has 0 bridgehead atoms. The van der Waals surface area contributed by atoms with Gasteiger partial charge in [0.05, 0.1) is 6.54 Å². The van der Waals surface area contributed by atoms with Gasteiger partial charge in [-0.3, -0.25) is 4.79 Å². The molecule has 0 amide bonds. The van der Waals surface area contributed by atoms with Crippen LogP contribution in [0.15, 0.2) is 24.3 Å². The summed E-state index contributed by atoms with van der Waals surface area (Å²) in [5.41, 5.74) is 6.66. The molecule has 3 nitrogen and oxygen atoms in total. The molecule has 1 saturated carbocycles. The number of nitrogens with one attached hydrogen (secondary N) is 1. The minimum Gasteiger partial charge on any atom is -0.377 e. The van der Waals surface area contributed by atoms with E-state index in [0.717, 1.165) is 16.9 Å². The molecule has 1 aliphatic carbocycles. The molecular formula is C21H28N2O. The minimum atomic E-state index is 0.176. The van der Waals surface area contributed by atoms with Crippen LogP contribution in [0.2, 0.25) is 0 Å². The van der Waals surface area contributed by atoms with Gasteiger partial charge in [-0.25, -0.2) is 0 Å². The second-order valence-corrected chi connectivity index (χ2v) is 7.14. The lowest BCUT2D eigenvalue weighted by molar-refractivity contribution is 0.101. The molecule has 1 aromatic heterocycles. The van der Waals surface area contributed by atoms with Gasteiger partial charge in [0.25, 0.3) is 0 Å². The molecule has 2 aromatic rings. The number of aromatic nitrogens is 1. The summed E-state index contributed by atoms with van der Waals surface area (Å²) in [6.45, 7) is 8.72. The van der Waals surface area contributed by atoms with Crippen molar-refractivity contribution in [3.8, 4) is 0 Å². The summed E-state index contributed by atoms with van der Waals surface area (Å²) in [5.74, 6) is 0.176. The monoisotopic (exact) mass is 324 g/mol. The van der Waals surface area contributed by atoms with E-state index in [1.54, 1.807) is 0 Å². The van der Waals surface area contributed by atoms with Gasteiger partial charge in [-0.05, 0) is 57.7 Å². The van der Waals surface area contributed by atoms with E-state index in [2.05, 4.69) is 55.8 Å². The normalized spacial score (nSPS) is 15.0. The van der Waals surface area contributed by atoms with Gasteiger partial charge in [0, 0.05) is 28.7 Å². The third-order valence-corrected chi connectivity index (χ3v) is 5.38. The molecule has 0 aliphatic heterocycles. The topological polar surface area (TPSA) is 34.0 Å². The Morgan fingerprint density at radius 2 is 1.75 bits per heavy atom. The molecule has 0 saturated heterocycles. The van der Waals surface area contributed by atoms with E-state index in [1.807, 2.05) is 6.07 Å². The number of Topliss-reactive ketones (excluding diaryl/α,β-unsaturated/α-hetero) is 1. The Kier molecular flexibility index (Phi) is 4.79. The number of para-hydroxylation sites is 1. The average molecular weight is 324 g/mol. The van der Waals surface area contributed by atoms with Crippen molar-refractivity contribution in [1.29, 1.82) is 0 Å². The third-order valence-electron chi connectivity index (χ3n) is 5.38. The zero-order valence-electron chi connectivity index (χ0n) is 15.3. The van der Waals surface area contributed by atoms with E-state index in [1.165, 1.54) is 42.5 Å². The van der Waals surface area contributed by atoms with Gasteiger partial charge in [-0.1, -0.05) is 31.0 Å². The summed E-state index contributed by atoms with van der Waals surface area (Å²) >= 11 is 0. The molecule has 24 heavy (non-hydrogen) atoms. The second kappa shape index (κ2) is 6.84. The molecule has 0 radical (unpaired) electrons. The van der Waals surface area contributed by atoms with Crippen molar-refractivity contribution in [2.75, 3.05) is 11.9 Å². The highest BCUT2D eigenvalue weighted by Gasteiger charge is 2.23. The van der Waals surface area contributed by atoms with E-state index in [-0.39, 0.29) is 5.78 Å². The fourth-order valence-electron chi connectivity index (χ4n) is 4.14. The number of carbonyl (C=O) groups excluding carboxylic acids is 1. The van der Waals surface area contributed by atoms with E-state index in [0.29, 0.717) is 12.6 Å². The summed E-state index contributed by atoms with van der Waals surface area (Å²) < 4.78 is 2.39. The fourth-order valence-corrected chi connectivity index (χ4v) is 4.14. The second-order valence-electron chi connectivity index (χ2n) is 7.14. The SMILES string of the molecule is Cc1cccc(C)c1NCC(=O)c1cc(C)n(C2CCCC2)c1C. The quantitative estimate of drug-likeness (QED) is 0.773. The van der Waals surface area contributed by atoms with Gasteiger partial charge in [0.1, 0.15) is 0 Å². The molecule has 1 heterocycles. The van der Waals surface area contributed by atoms with Crippen molar-refractivity contribution in [1.82, 2.24) is 4.57 Å². The first-order valence-corrected chi connectivity index (χ1v) is 9.00. The van der Waals surface area contributed by atoms with E-state index < -0.39 is 0 Å². The number of rotatable bonds is 5. The predicted molar refractivity (Wildman–Crippen MR) is 100 cm³/mol. The standard InChI is InChI=1S/C21H28N2O/c1-14-8-7-9-15(2)21(14)22-13-20(24)19-12-16(3)23(17(19)4)18-10-5-6-11-18/h7-9,12,18,22H,5-6,10-11,13H2,1-4H3. The first-order chi connectivity index (χ1) is 11.5. The van der Waals surface area contributed by atoms with Crippen LogP contribution in [0.4, 0.5) is 5.69 Å². The number of aryl methyl sites for hydroxylation is 3. The molecule has 0 unspecified atom stereocenters. The largest absolute Gasteiger partial charge is 0.377 e. The molecule has 3 heteroatoms. The van der Waals surface area contributed by atoms with Crippen LogP contribution in [0.3, 0.4) is 0 Å². The predicted octanol–water partition coefficient (Wildman–Crippen LogP) is 5.13. The molecule has 1 aromatic carbocycles. The number of nitrogens with zero attached hydrogens (tertiary/aromatic N) is 1. The number of ketones is 1. The molecule has 0 atom stereocenters. The first-order valence-electron chi connectivity index (χ1n) is 9.00. The van der Waals surface area contributed by atoms with Gasteiger partial charge in [-0.15, -0.1) is 0 Å². The van der Waals surface area contributed by atoms with Crippen LogP contribution in [0.1, 0.15) is 64.6 Å². The minimum absolute atomic E-state index is 0.176.